The van der Waals surface area contributed by atoms with Crippen LogP contribution in [0.15, 0.2) is 18.2 Å². The molecule has 0 saturated heterocycles. The Kier molecular flexibility index (Phi) is 12.6. The number of nitrogens with one attached hydrogen (secondary N) is 2. The molecule has 3 amide bonds. The molecule has 210 valence electrons. The molecule has 1 rings (SSSR count). The number of rotatable bonds is 12. The van der Waals surface area contributed by atoms with Crippen LogP contribution in [0.4, 0.5) is 4.79 Å². The number of hydrogen-bond acceptors (Lipinski definition) is 4. The van der Waals surface area contributed by atoms with E-state index in [0.717, 1.165) is 42.4 Å². The lowest BCUT2D eigenvalue weighted by Gasteiger charge is -2.35. The topological polar surface area (TPSA) is 87.7 Å². The van der Waals surface area contributed by atoms with E-state index in [1.54, 1.807) is 32.6 Å². The van der Waals surface area contributed by atoms with Gasteiger partial charge in [0, 0.05) is 12.1 Å². The number of carbonyl (C=O) groups is 3. The van der Waals surface area contributed by atoms with Crippen LogP contribution in [0.2, 0.25) is 0 Å². The van der Waals surface area contributed by atoms with E-state index in [0.29, 0.717) is 6.54 Å². The van der Waals surface area contributed by atoms with Gasteiger partial charge in [-0.1, -0.05) is 57.2 Å². The van der Waals surface area contributed by atoms with Crippen LogP contribution in [0, 0.1) is 13.8 Å². The lowest BCUT2D eigenvalue weighted by Crippen LogP contribution is -2.54. The van der Waals surface area contributed by atoms with Crippen LogP contribution in [0.1, 0.15) is 117 Å². The molecule has 0 bridgehead atoms. The number of unbranched alkanes of at least 4 members (excludes halogenated alkanes) is 5. The summed E-state index contributed by atoms with van der Waals surface area (Å²) < 4.78 is 5.36. The minimum atomic E-state index is -0.855. The Morgan fingerprint density at radius 2 is 1.51 bits per heavy atom. The van der Waals surface area contributed by atoms with Crippen molar-refractivity contribution in [3.05, 3.63) is 34.9 Å². The van der Waals surface area contributed by atoms with Gasteiger partial charge >= 0.3 is 6.09 Å². The van der Waals surface area contributed by atoms with Crippen molar-refractivity contribution in [2.45, 2.75) is 131 Å². The number of amides is 3. The quantitative estimate of drug-likeness (QED) is 0.316. The minimum absolute atomic E-state index is 0.237. The van der Waals surface area contributed by atoms with E-state index in [2.05, 4.69) is 17.6 Å². The van der Waals surface area contributed by atoms with Crippen molar-refractivity contribution in [2.24, 2.45) is 0 Å². The molecule has 0 radical (unpaired) electrons. The van der Waals surface area contributed by atoms with E-state index >= 15 is 0 Å². The highest BCUT2D eigenvalue weighted by Crippen LogP contribution is 2.26. The van der Waals surface area contributed by atoms with Gasteiger partial charge in [0.05, 0.1) is 0 Å². The lowest BCUT2D eigenvalue weighted by molar-refractivity contribution is -0.142. The molecule has 0 aliphatic carbocycles. The standard InChI is InChI=1S/C30H51N3O4/c1-11-12-13-14-15-16-19-33(27(35)23(4)31-28(36)37-30(8,9)10)25(26(34)32-29(5,6)7)24-18-17-21(2)22(3)20-24/h17-18,20,23,25H,11-16,19H2,1-10H3,(H,31,36)(H,32,34). The average Bonchev–Trinajstić information content (AvgIpc) is 2.74. The van der Waals surface area contributed by atoms with Crippen LogP contribution in [-0.4, -0.2) is 46.5 Å². The van der Waals surface area contributed by atoms with E-state index in [4.69, 9.17) is 4.74 Å². The molecular formula is C30H51N3O4. The molecule has 2 unspecified atom stereocenters. The smallest absolute Gasteiger partial charge is 0.408 e. The predicted octanol–water partition coefficient (Wildman–Crippen LogP) is 6.36. The third-order valence-electron chi connectivity index (χ3n) is 6.04. The number of hydrogen-bond donors (Lipinski definition) is 2. The third kappa shape index (κ3) is 12.0. The molecule has 0 saturated carbocycles. The summed E-state index contributed by atoms with van der Waals surface area (Å²) in [6.07, 6.45) is 5.70. The molecule has 2 N–H and O–H groups in total. The van der Waals surface area contributed by atoms with E-state index in [9.17, 15) is 14.4 Å². The summed E-state index contributed by atoms with van der Waals surface area (Å²) in [5.74, 6) is -0.550. The van der Waals surface area contributed by atoms with Crippen molar-refractivity contribution >= 4 is 17.9 Å². The first-order valence-electron chi connectivity index (χ1n) is 13.7. The van der Waals surface area contributed by atoms with Gasteiger partial charge in [0.2, 0.25) is 11.8 Å². The Morgan fingerprint density at radius 1 is 0.919 bits per heavy atom. The Labute approximate surface area is 225 Å². The number of carbonyl (C=O) groups excluding carboxylic acids is 3. The van der Waals surface area contributed by atoms with Gasteiger partial charge in [0.1, 0.15) is 17.7 Å². The molecule has 0 aliphatic rings. The Hall–Kier alpha value is -2.57. The Balaban J connectivity index is 3.34. The molecule has 2 atom stereocenters. The molecule has 0 heterocycles. The van der Waals surface area contributed by atoms with Gasteiger partial charge < -0.3 is 20.3 Å². The first-order chi connectivity index (χ1) is 17.1. The molecule has 7 nitrogen and oxygen atoms in total. The third-order valence-corrected chi connectivity index (χ3v) is 6.04. The zero-order chi connectivity index (χ0) is 28.4. The molecule has 0 aliphatic heterocycles. The van der Waals surface area contributed by atoms with E-state index in [-0.39, 0.29) is 11.8 Å². The van der Waals surface area contributed by atoms with Gasteiger partial charge in [0.15, 0.2) is 0 Å². The summed E-state index contributed by atoms with van der Waals surface area (Å²) in [5, 5.41) is 5.74. The van der Waals surface area contributed by atoms with Crippen LogP contribution >= 0.6 is 0 Å². The van der Waals surface area contributed by atoms with Crippen LogP contribution < -0.4 is 10.6 Å². The zero-order valence-corrected chi connectivity index (χ0v) is 24.9. The number of nitrogens with zero attached hydrogens (tertiary/aromatic N) is 1. The molecular weight excluding hydrogens is 466 g/mol. The average molecular weight is 518 g/mol. The highest BCUT2D eigenvalue weighted by molar-refractivity contribution is 5.92. The lowest BCUT2D eigenvalue weighted by atomic mass is 9.97. The van der Waals surface area contributed by atoms with Gasteiger partial charge in [-0.05, 0) is 85.4 Å². The maximum atomic E-state index is 13.8. The first-order valence-corrected chi connectivity index (χ1v) is 13.7. The van der Waals surface area contributed by atoms with Gasteiger partial charge in [-0.15, -0.1) is 0 Å². The maximum Gasteiger partial charge on any atom is 0.408 e. The summed E-state index contributed by atoms with van der Waals surface area (Å²) >= 11 is 0. The SMILES string of the molecule is CCCCCCCCN(C(=O)C(C)NC(=O)OC(C)(C)C)C(C(=O)NC(C)(C)C)c1ccc(C)c(C)c1. The Morgan fingerprint density at radius 3 is 2.05 bits per heavy atom. The zero-order valence-electron chi connectivity index (χ0n) is 24.9. The fraction of sp³-hybridized carbons (Fsp3) is 0.700. The highest BCUT2D eigenvalue weighted by Gasteiger charge is 2.35. The highest BCUT2D eigenvalue weighted by atomic mass is 16.6. The second kappa shape index (κ2) is 14.4. The molecule has 37 heavy (non-hydrogen) atoms. The number of benzene rings is 1. The minimum Gasteiger partial charge on any atom is -0.444 e. The predicted molar refractivity (Wildman–Crippen MR) is 150 cm³/mol. The number of ether oxygens (including phenoxy) is 1. The fourth-order valence-electron chi connectivity index (χ4n) is 4.07. The van der Waals surface area contributed by atoms with E-state index < -0.39 is 29.3 Å². The number of alkyl carbamates (subject to hydrolysis) is 1. The van der Waals surface area contributed by atoms with Crippen LogP contribution in [0.3, 0.4) is 0 Å². The molecule has 0 fully saturated rings. The largest absolute Gasteiger partial charge is 0.444 e. The van der Waals surface area contributed by atoms with Crippen molar-refractivity contribution in [1.82, 2.24) is 15.5 Å². The monoisotopic (exact) mass is 517 g/mol. The van der Waals surface area contributed by atoms with Crippen molar-refractivity contribution in [3.63, 3.8) is 0 Å². The molecule has 7 heteroatoms. The molecule has 1 aromatic carbocycles. The normalized spacial score (nSPS) is 13.5. The van der Waals surface area contributed by atoms with Crippen molar-refractivity contribution in [2.75, 3.05) is 6.54 Å². The van der Waals surface area contributed by atoms with Crippen LogP contribution in [0.5, 0.6) is 0 Å². The van der Waals surface area contributed by atoms with Gasteiger partial charge in [-0.3, -0.25) is 9.59 Å². The fourth-order valence-corrected chi connectivity index (χ4v) is 4.07. The summed E-state index contributed by atoms with van der Waals surface area (Å²) in [7, 11) is 0. The summed E-state index contributed by atoms with van der Waals surface area (Å²) in [5.41, 5.74) is 1.78. The van der Waals surface area contributed by atoms with Crippen LogP contribution in [0.25, 0.3) is 0 Å². The van der Waals surface area contributed by atoms with Gasteiger partial charge in [0.25, 0.3) is 0 Å². The molecule has 0 spiro atoms. The molecule has 1 aromatic rings. The summed E-state index contributed by atoms with van der Waals surface area (Å²) in [6.45, 7) is 19.4. The second-order valence-corrected chi connectivity index (χ2v) is 12.2. The Bertz CT molecular complexity index is 899. The number of aryl methyl sites for hydroxylation is 2. The van der Waals surface area contributed by atoms with E-state index in [1.165, 1.54) is 12.8 Å². The first kappa shape index (κ1) is 32.5. The molecule has 0 aromatic heterocycles. The van der Waals surface area contributed by atoms with Crippen molar-refractivity contribution in [1.29, 1.82) is 0 Å². The summed E-state index contributed by atoms with van der Waals surface area (Å²) in [4.78, 5) is 41.6. The van der Waals surface area contributed by atoms with Crippen molar-refractivity contribution in [3.8, 4) is 0 Å². The van der Waals surface area contributed by atoms with Crippen molar-refractivity contribution < 1.29 is 19.1 Å². The van der Waals surface area contributed by atoms with Gasteiger partial charge in [-0.2, -0.15) is 0 Å². The maximum absolute atomic E-state index is 13.8. The van der Waals surface area contributed by atoms with E-state index in [1.807, 2.05) is 52.8 Å². The summed E-state index contributed by atoms with van der Waals surface area (Å²) in [6, 6.07) is 4.21. The second-order valence-electron chi connectivity index (χ2n) is 12.2. The van der Waals surface area contributed by atoms with Gasteiger partial charge in [-0.25, -0.2) is 4.79 Å². The van der Waals surface area contributed by atoms with Crippen LogP contribution in [-0.2, 0) is 14.3 Å².